The molecule has 0 saturated heterocycles. The number of pyridine rings is 1. The first-order chi connectivity index (χ1) is 13.0. The van der Waals surface area contributed by atoms with Gasteiger partial charge in [-0.3, -0.25) is 9.78 Å². The van der Waals surface area contributed by atoms with Gasteiger partial charge in [0.1, 0.15) is 6.04 Å². The molecule has 1 atom stereocenters. The van der Waals surface area contributed by atoms with Crippen LogP contribution in [0.3, 0.4) is 0 Å². The number of nitrogens with zero attached hydrogens (tertiary/aromatic N) is 1. The van der Waals surface area contributed by atoms with Crippen molar-refractivity contribution >= 4 is 23.1 Å². The van der Waals surface area contributed by atoms with E-state index in [1.54, 1.807) is 12.4 Å². The Hall–Kier alpha value is -2.65. The van der Waals surface area contributed by atoms with Gasteiger partial charge in [-0.05, 0) is 66.8 Å². The monoisotopic (exact) mass is 378 g/mol. The molecule has 0 spiro atoms. The molecular formula is C23H23ClN2O. The second-order valence-electron chi connectivity index (χ2n) is 6.74. The predicted molar refractivity (Wildman–Crippen MR) is 111 cm³/mol. The molecule has 3 nitrogen and oxygen atoms in total. The van der Waals surface area contributed by atoms with Crippen LogP contribution < -0.4 is 5.32 Å². The average molecular weight is 379 g/mol. The van der Waals surface area contributed by atoms with E-state index in [4.69, 9.17) is 11.6 Å². The highest BCUT2D eigenvalue weighted by atomic mass is 35.5. The van der Waals surface area contributed by atoms with E-state index in [1.807, 2.05) is 68.4 Å². The maximum absolute atomic E-state index is 13.1. The number of nitrogens with one attached hydrogen (secondary N) is 1. The van der Waals surface area contributed by atoms with E-state index in [-0.39, 0.29) is 5.78 Å². The van der Waals surface area contributed by atoms with Crippen molar-refractivity contribution in [2.45, 2.75) is 32.7 Å². The molecule has 3 rings (SSSR count). The number of hydrogen-bond acceptors (Lipinski definition) is 3. The summed E-state index contributed by atoms with van der Waals surface area (Å²) >= 11 is 6.40. The zero-order valence-corrected chi connectivity index (χ0v) is 16.3. The molecule has 0 bridgehead atoms. The van der Waals surface area contributed by atoms with Gasteiger partial charge in [0.15, 0.2) is 5.78 Å². The number of rotatable bonds is 7. The van der Waals surface area contributed by atoms with Crippen LogP contribution in [0.4, 0.5) is 5.69 Å². The Labute approximate surface area is 165 Å². The van der Waals surface area contributed by atoms with Gasteiger partial charge in [0.2, 0.25) is 0 Å². The van der Waals surface area contributed by atoms with Crippen LogP contribution >= 0.6 is 11.6 Å². The molecule has 0 saturated carbocycles. The van der Waals surface area contributed by atoms with Crippen LogP contribution in [-0.2, 0) is 11.2 Å². The van der Waals surface area contributed by atoms with Crippen LogP contribution in [0.5, 0.6) is 0 Å². The first-order valence-electron chi connectivity index (χ1n) is 9.04. The number of benzene rings is 2. The van der Waals surface area contributed by atoms with Crippen molar-refractivity contribution in [2.75, 3.05) is 5.32 Å². The third-order valence-corrected chi connectivity index (χ3v) is 4.97. The fourth-order valence-corrected chi connectivity index (χ4v) is 3.39. The molecule has 2 aromatic carbocycles. The van der Waals surface area contributed by atoms with Gasteiger partial charge in [0.05, 0.1) is 10.7 Å². The van der Waals surface area contributed by atoms with Crippen LogP contribution in [-0.4, -0.2) is 10.8 Å². The zero-order valence-electron chi connectivity index (χ0n) is 15.6. The lowest BCUT2D eigenvalue weighted by Crippen LogP contribution is -2.22. The Morgan fingerprint density at radius 1 is 1.07 bits per heavy atom. The number of aryl methyl sites for hydroxylation is 3. The topological polar surface area (TPSA) is 42.0 Å². The van der Waals surface area contributed by atoms with Crippen molar-refractivity contribution in [3.05, 3.63) is 94.3 Å². The standard InChI is InChI=1S/C23H23ClN2O/c1-16-7-9-21(20(24)15-16)26-23(19-6-4-3-5-17(19)2)22(27)10-8-18-11-13-25-14-12-18/h3-7,9,11-15,23,26H,8,10H2,1-2H3. The molecule has 1 aromatic heterocycles. The minimum atomic E-state index is -0.437. The smallest absolute Gasteiger partial charge is 0.159 e. The number of carbonyl (C=O) groups is 1. The van der Waals surface area contributed by atoms with Crippen molar-refractivity contribution in [3.63, 3.8) is 0 Å². The summed E-state index contributed by atoms with van der Waals surface area (Å²) in [5.41, 5.74) is 5.02. The van der Waals surface area contributed by atoms with E-state index in [9.17, 15) is 4.79 Å². The maximum Gasteiger partial charge on any atom is 0.159 e. The molecule has 138 valence electrons. The Morgan fingerprint density at radius 2 is 1.81 bits per heavy atom. The minimum absolute atomic E-state index is 0.137. The van der Waals surface area contributed by atoms with E-state index in [0.717, 1.165) is 27.9 Å². The molecule has 0 fully saturated rings. The molecule has 1 heterocycles. The van der Waals surface area contributed by atoms with E-state index < -0.39 is 6.04 Å². The Balaban J connectivity index is 1.85. The Bertz CT molecular complexity index is 925. The highest BCUT2D eigenvalue weighted by Gasteiger charge is 2.22. The molecule has 3 aromatic rings. The van der Waals surface area contributed by atoms with Gasteiger partial charge in [-0.1, -0.05) is 41.9 Å². The lowest BCUT2D eigenvalue weighted by molar-refractivity contribution is -0.119. The fraction of sp³-hybridized carbons (Fsp3) is 0.217. The van der Waals surface area contributed by atoms with Gasteiger partial charge in [-0.2, -0.15) is 0 Å². The minimum Gasteiger partial charge on any atom is -0.370 e. The van der Waals surface area contributed by atoms with Crippen molar-refractivity contribution in [3.8, 4) is 0 Å². The predicted octanol–water partition coefficient (Wildman–Crippen LogP) is 5.71. The fourth-order valence-electron chi connectivity index (χ4n) is 3.10. The zero-order chi connectivity index (χ0) is 19.2. The maximum atomic E-state index is 13.1. The molecule has 1 unspecified atom stereocenters. The molecule has 27 heavy (non-hydrogen) atoms. The number of anilines is 1. The quantitative estimate of drug-likeness (QED) is 0.572. The van der Waals surface area contributed by atoms with Crippen LogP contribution in [0.15, 0.2) is 67.0 Å². The highest BCUT2D eigenvalue weighted by Crippen LogP contribution is 2.30. The number of halogens is 1. The third kappa shape index (κ3) is 4.95. The van der Waals surface area contributed by atoms with Gasteiger partial charge >= 0.3 is 0 Å². The van der Waals surface area contributed by atoms with Crippen LogP contribution in [0, 0.1) is 13.8 Å². The highest BCUT2D eigenvalue weighted by molar-refractivity contribution is 6.33. The normalized spacial score (nSPS) is 11.8. The number of aromatic nitrogens is 1. The molecule has 1 N–H and O–H groups in total. The summed E-state index contributed by atoms with van der Waals surface area (Å²) in [5.74, 6) is 0.137. The van der Waals surface area contributed by atoms with Crippen molar-refractivity contribution < 1.29 is 4.79 Å². The summed E-state index contributed by atoms with van der Waals surface area (Å²) in [5, 5.41) is 3.99. The molecule has 0 aliphatic carbocycles. The van der Waals surface area contributed by atoms with Gasteiger partial charge in [0, 0.05) is 18.8 Å². The summed E-state index contributed by atoms with van der Waals surface area (Å²) in [4.78, 5) is 17.2. The van der Waals surface area contributed by atoms with Gasteiger partial charge in [-0.15, -0.1) is 0 Å². The number of ketones is 1. The molecular weight excluding hydrogens is 356 g/mol. The number of hydrogen-bond donors (Lipinski definition) is 1. The van der Waals surface area contributed by atoms with Gasteiger partial charge in [-0.25, -0.2) is 0 Å². The Morgan fingerprint density at radius 3 is 2.52 bits per heavy atom. The molecule has 4 heteroatoms. The molecule has 0 aliphatic heterocycles. The molecule has 0 radical (unpaired) electrons. The van der Waals surface area contributed by atoms with Crippen LogP contribution in [0.25, 0.3) is 0 Å². The summed E-state index contributed by atoms with van der Waals surface area (Å²) in [6.07, 6.45) is 4.64. The first-order valence-corrected chi connectivity index (χ1v) is 9.42. The Kier molecular flexibility index (Phi) is 6.25. The first kappa shape index (κ1) is 19.1. The number of carbonyl (C=O) groups excluding carboxylic acids is 1. The number of Topliss-reactive ketones (excluding diaryl/α,β-unsaturated/α-hetero) is 1. The van der Waals surface area contributed by atoms with Crippen LogP contribution in [0.2, 0.25) is 5.02 Å². The summed E-state index contributed by atoms with van der Waals surface area (Å²) < 4.78 is 0. The van der Waals surface area contributed by atoms with Crippen molar-refractivity contribution in [1.29, 1.82) is 0 Å². The van der Waals surface area contributed by atoms with Crippen molar-refractivity contribution in [2.24, 2.45) is 0 Å². The van der Waals surface area contributed by atoms with E-state index in [1.165, 1.54) is 0 Å². The SMILES string of the molecule is Cc1ccc(NC(C(=O)CCc2ccncc2)c2ccccc2C)c(Cl)c1. The second-order valence-corrected chi connectivity index (χ2v) is 7.15. The molecule has 0 aliphatic rings. The van der Waals surface area contributed by atoms with Gasteiger partial charge < -0.3 is 5.32 Å². The lowest BCUT2D eigenvalue weighted by Gasteiger charge is -2.22. The van der Waals surface area contributed by atoms with E-state index in [0.29, 0.717) is 17.9 Å². The summed E-state index contributed by atoms with van der Waals surface area (Å²) in [7, 11) is 0. The van der Waals surface area contributed by atoms with Crippen molar-refractivity contribution in [1.82, 2.24) is 4.98 Å². The van der Waals surface area contributed by atoms with Gasteiger partial charge in [0.25, 0.3) is 0 Å². The summed E-state index contributed by atoms with van der Waals surface area (Å²) in [6.45, 7) is 4.02. The largest absolute Gasteiger partial charge is 0.370 e. The summed E-state index contributed by atoms with van der Waals surface area (Å²) in [6, 6.07) is 17.2. The molecule has 0 amide bonds. The average Bonchev–Trinajstić information content (AvgIpc) is 2.67. The lowest BCUT2D eigenvalue weighted by atomic mass is 9.94. The third-order valence-electron chi connectivity index (χ3n) is 4.66. The van der Waals surface area contributed by atoms with E-state index in [2.05, 4.69) is 10.3 Å². The van der Waals surface area contributed by atoms with E-state index >= 15 is 0 Å². The van der Waals surface area contributed by atoms with Crippen LogP contribution in [0.1, 0.15) is 34.7 Å². The second kappa shape index (κ2) is 8.83.